The molecule has 8 heteroatoms. The van der Waals surface area contributed by atoms with Gasteiger partial charge in [-0.15, -0.1) is 11.3 Å². The molecule has 7 nitrogen and oxygen atoms in total. The van der Waals surface area contributed by atoms with Crippen molar-refractivity contribution < 1.29 is 14.3 Å². The highest BCUT2D eigenvalue weighted by Crippen LogP contribution is 2.38. The molecule has 0 bridgehead atoms. The van der Waals surface area contributed by atoms with Gasteiger partial charge in [0.15, 0.2) is 5.82 Å². The first kappa shape index (κ1) is 16.4. The van der Waals surface area contributed by atoms with E-state index in [1.807, 2.05) is 0 Å². The largest absolute Gasteiger partial charge is 0.462 e. The highest BCUT2D eigenvalue weighted by atomic mass is 32.1. The molecule has 2 aromatic heterocycles. The van der Waals surface area contributed by atoms with E-state index in [2.05, 4.69) is 20.6 Å². The van der Waals surface area contributed by atoms with Gasteiger partial charge in [0.25, 0.3) is 0 Å². The summed E-state index contributed by atoms with van der Waals surface area (Å²) in [5.41, 5.74) is 1.50. The van der Waals surface area contributed by atoms with Crippen molar-refractivity contribution in [2.24, 2.45) is 0 Å². The molecule has 1 aliphatic carbocycles. The van der Waals surface area contributed by atoms with E-state index in [1.165, 1.54) is 29.9 Å². The van der Waals surface area contributed by atoms with Crippen LogP contribution in [0.15, 0.2) is 18.6 Å². The van der Waals surface area contributed by atoms with Crippen LogP contribution in [-0.4, -0.2) is 28.6 Å². The third kappa shape index (κ3) is 3.53. The lowest BCUT2D eigenvalue weighted by Crippen LogP contribution is -2.21. The van der Waals surface area contributed by atoms with Gasteiger partial charge in [-0.05, 0) is 38.2 Å². The summed E-state index contributed by atoms with van der Waals surface area (Å²) >= 11 is 1.45. The molecule has 2 amide bonds. The predicted molar refractivity (Wildman–Crippen MR) is 91.6 cm³/mol. The molecule has 3 rings (SSSR count). The van der Waals surface area contributed by atoms with Gasteiger partial charge in [0.2, 0.25) is 0 Å². The summed E-state index contributed by atoms with van der Waals surface area (Å²) in [6.07, 6.45) is 8.37. The van der Waals surface area contributed by atoms with Crippen LogP contribution in [0.3, 0.4) is 0 Å². The molecule has 0 atom stereocenters. The van der Waals surface area contributed by atoms with Gasteiger partial charge in [-0.25, -0.2) is 14.6 Å². The first-order valence-electron chi connectivity index (χ1n) is 7.84. The van der Waals surface area contributed by atoms with Crippen LogP contribution >= 0.6 is 11.3 Å². The predicted octanol–water partition coefficient (Wildman–Crippen LogP) is 3.24. The van der Waals surface area contributed by atoms with Gasteiger partial charge < -0.3 is 4.74 Å². The molecular formula is C16H18N4O3S. The lowest BCUT2D eigenvalue weighted by molar-refractivity contribution is 0.0526. The monoisotopic (exact) mass is 346 g/mol. The molecule has 2 aromatic rings. The van der Waals surface area contributed by atoms with Gasteiger partial charge in [0.1, 0.15) is 5.00 Å². The summed E-state index contributed by atoms with van der Waals surface area (Å²) in [7, 11) is 0. The van der Waals surface area contributed by atoms with E-state index in [1.54, 1.807) is 6.92 Å². The van der Waals surface area contributed by atoms with Crippen LogP contribution in [0.2, 0.25) is 0 Å². The van der Waals surface area contributed by atoms with Crippen molar-refractivity contribution in [3.63, 3.8) is 0 Å². The third-order valence-corrected chi connectivity index (χ3v) is 4.89. The maximum atomic E-state index is 12.3. The zero-order valence-corrected chi connectivity index (χ0v) is 14.1. The number of hydrogen-bond donors (Lipinski definition) is 2. The Kier molecular flexibility index (Phi) is 5.05. The molecule has 0 saturated heterocycles. The van der Waals surface area contributed by atoms with E-state index in [-0.39, 0.29) is 5.97 Å². The zero-order valence-electron chi connectivity index (χ0n) is 13.3. The number of urea groups is 1. The third-order valence-electron chi connectivity index (χ3n) is 3.68. The van der Waals surface area contributed by atoms with Gasteiger partial charge in [-0.2, -0.15) is 0 Å². The van der Waals surface area contributed by atoms with E-state index in [4.69, 9.17) is 4.74 Å². The fourth-order valence-corrected chi connectivity index (χ4v) is 3.96. The Morgan fingerprint density at radius 2 is 2.08 bits per heavy atom. The Hall–Kier alpha value is -2.48. The molecule has 0 saturated carbocycles. The van der Waals surface area contributed by atoms with Crippen molar-refractivity contribution in [2.75, 3.05) is 17.2 Å². The summed E-state index contributed by atoms with van der Waals surface area (Å²) in [6.45, 7) is 2.07. The zero-order chi connectivity index (χ0) is 16.9. The van der Waals surface area contributed by atoms with Crippen LogP contribution in [-0.2, 0) is 17.6 Å². The Balaban J connectivity index is 1.82. The Bertz CT molecular complexity index is 745. The molecule has 0 spiro atoms. The second kappa shape index (κ2) is 7.39. The van der Waals surface area contributed by atoms with Crippen molar-refractivity contribution in [1.29, 1.82) is 0 Å². The number of rotatable bonds is 4. The van der Waals surface area contributed by atoms with E-state index >= 15 is 0 Å². The second-order valence-electron chi connectivity index (χ2n) is 5.31. The number of esters is 1. The molecule has 0 unspecified atom stereocenters. The van der Waals surface area contributed by atoms with Gasteiger partial charge in [0, 0.05) is 17.3 Å². The number of aromatic nitrogens is 2. The minimum atomic E-state index is -0.459. The highest BCUT2D eigenvalue weighted by Gasteiger charge is 2.27. The topological polar surface area (TPSA) is 93.2 Å². The number of amides is 2. The number of carbonyl (C=O) groups is 2. The molecule has 1 aliphatic rings. The van der Waals surface area contributed by atoms with Crippen LogP contribution in [0.25, 0.3) is 0 Å². The Labute approximate surface area is 143 Å². The first-order chi connectivity index (χ1) is 11.7. The number of aryl methyl sites for hydroxylation is 1. The SMILES string of the molecule is CCOC(=O)c1c(NC(=O)Nc2cnccn2)sc2c1CCCC2. The second-order valence-corrected chi connectivity index (χ2v) is 6.41. The molecular weight excluding hydrogens is 328 g/mol. The van der Waals surface area contributed by atoms with Crippen LogP contribution in [0.5, 0.6) is 0 Å². The summed E-state index contributed by atoms with van der Waals surface area (Å²) in [4.78, 5) is 33.6. The Morgan fingerprint density at radius 3 is 2.83 bits per heavy atom. The fraction of sp³-hybridized carbons (Fsp3) is 0.375. The molecule has 24 heavy (non-hydrogen) atoms. The van der Waals surface area contributed by atoms with Crippen LogP contribution < -0.4 is 10.6 Å². The van der Waals surface area contributed by atoms with Crippen molar-refractivity contribution in [3.05, 3.63) is 34.6 Å². The summed E-state index contributed by atoms with van der Waals surface area (Å²) in [5.74, 6) is -0.0410. The normalized spacial score (nSPS) is 13.0. The lowest BCUT2D eigenvalue weighted by Gasteiger charge is -2.12. The van der Waals surface area contributed by atoms with Crippen LogP contribution in [0.1, 0.15) is 40.6 Å². The lowest BCUT2D eigenvalue weighted by atomic mass is 9.95. The van der Waals surface area contributed by atoms with Gasteiger partial charge in [-0.1, -0.05) is 0 Å². The van der Waals surface area contributed by atoms with Gasteiger partial charge in [0.05, 0.1) is 18.4 Å². The average Bonchev–Trinajstić information content (AvgIpc) is 2.93. The van der Waals surface area contributed by atoms with E-state index in [0.29, 0.717) is 23.0 Å². The molecule has 0 aliphatic heterocycles. The molecule has 0 radical (unpaired) electrons. The van der Waals surface area contributed by atoms with Gasteiger partial charge in [-0.3, -0.25) is 15.6 Å². The van der Waals surface area contributed by atoms with Crippen molar-refractivity contribution in [1.82, 2.24) is 9.97 Å². The molecule has 2 heterocycles. The van der Waals surface area contributed by atoms with Crippen molar-refractivity contribution in [2.45, 2.75) is 32.6 Å². The van der Waals surface area contributed by atoms with E-state index in [9.17, 15) is 9.59 Å². The highest BCUT2D eigenvalue weighted by molar-refractivity contribution is 7.17. The minimum Gasteiger partial charge on any atom is -0.462 e. The fourth-order valence-electron chi connectivity index (χ4n) is 2.69. The number of thiophene rings is 1. The number of anilines is 2. The number of nitrogens with zero attached hydrogens (tertiary/aromatic N) is 2. The van der Waals surface area contributed by atoms with E-state index < -0.39 is 6.03 Å². The van der Waals surface area contributed by atoms with E-state index in [0.717, 1.165) is 36.1 Å². The maximum absolute atomic E-state index is 12.3. The van der Waals surface area contributed by atoms with Crippen LogP contribution in [0.4, 0.5) is 15.6 Å². The van der Waals surface area contributed by atoms with Crippen molar-refractivity contribution >= 4 is 34.2 Å². The van der Waals surface area contributed by atoms with Crippen molar-refractivity contribution in [3.8, 4) is 0 Å². The molecule has 0 fully saturated rings. The Morgan fingerprint density at radius 1 is 1.25 bits per heavy atom. The number of carbonyl (C=O) groups excluding carboxylic acids is 2. The number of ether oxygens (including phenoxy) is 1. The summed E-state index contributed by atoms with van der Waals surface area (Å²) in [5, 5.41) is 5.88. The molecule has 126 valence electrons. The smallest absolute Gasteiger partial charge is 0.341 e. The summed E-state index contributed by atoms with van der Waals surface area (Å²) in [6, 6.07) is -0.459. The number of nitrogens with one attached hydrogen (secondary N) is 2. The quantitative estimate of drug-likeness (QED) is 0.829. The van der Waals surface area contributed by atoms with Gasteiger partial charge >= 0.3 is 12.0 Å². The number of hydrogen-bond acceptors (Lipinski definition) is 6. The standard InChI is InChI=1S/C16H18N4O3S/c1-2-23-15(21)13-10-5-3-4-6-11(10)24-14(13)20-16(22)19-12-9-17-7-8-18-12/h7-9H,2-6H2,1H3,(H2,18,19,20,22). The maximum Gasteiger partial charge on any atom is 0.341 e. The van der Waals surface area contributed by atoms with Crippen LogP contribution in [0, 0.1) is 0 Å². The number of fused-ring (bicyclic) bond motifs is 1. The first-order valence-corrected chi connectivity index (χ1v) is 8.66. The molecule has 2 N–H and O–H groups in total. The summed E-state index contributed by atoms with van der Waals surface area (Å²) < 4.78 is 5.17. The average molecular weight is 346 g/mol. The molecule has 0 aromatic carbocycles. The minimum absolute atomic E-state index is 0.300.